The Balaban J connectivity index is 1.42. The van der Waals surface area contributed by atoms with Crippen molar-refractivity contribution in [2.75, 3.05) is 31.1 Å². The van der Waals surface area contributed by atoms with Crippen LogP contribution in [0.1, 0.15) is 29.2 Å². The van der Waals surface area contributed by atoms with Gasteiger partial charge in [0.1, 0.15) is 11.5 Å². The summed E-state index contributed by atoms with van der Waals surface area (Å²) < 4.78 is 2.14. The van der Waals surface area contributed by atoms with Gasteiger partial charge < -0.3 is 14.4 Å². The van der Waals surface area contributed by atoms with Gasteiger partial charge in [-0.05, 0) is 31.0 Å². The minimum Gasteiger partial charge on any atom is -0.368 e. The van der Waals surface area contributed by atoms with E-state index in [-0.39, 0.29) is 5.91 Å². The standard InChI is InChI=1S/C18H21ClN4O/c19-14-4-3-5-15(12-14)21-8-10-22(11-9-21)18(24)16-13-23-7-2-1-6-17(23)20-16/h3-5,12-13H,1-2,6-11H2. The van der Waals surface area contributed by atoms with Crippen LogP contribution in [-0.4, -0.2) is 46.5 Å². The molecule has 2 aliphatic heterocycles. The SMILES string of the molecule is O=C(c1cn2c(n1)CCCC2)N1CCN(c2cccc(Cl)c2)CC1. The first-order chi connectivity index (χ1) is 11.7. The van der Waals surface area contributed by atoms with Gasteiger partial charge in [0, 0.05) is 56.1 Å². The molecule has 1 fully saturated rings. The van der Waals surface area contributed by atoms with Crippen LogP contribution in [0.15, 0.2) is 30.5 Å². The number of aryl methyl sites for hydroxylation is 2. The summed E-state index contributed by atoms with van der Waals surface area (Å²) in [6.45, 7) is 4.05. The molecule has 0 bridgehead atoms. The first kappa shape index (κ1) is 15.5. The van der Waals surface area contributed by atoms with Crippen molar-refractivity contribution in [2.45, 2.75) is 25.8 Å². The lowest BCUT2D eigenvalue weighted by Gasteiger charge is -2.35. The van der Waals surface area contributed by atoms with Gasteiger partial charge in [0.25, 0.3) is 5.91 Å². The van der Waals surface area contributed by atoms with Crippen LogP contribution in [0.3, 0.4) is 0 Å². The summed E-state index contributed by atoms with van der Waals surface area (Å²) in [5.74, 6) is 1.12. The van der Waals surface area contributed by atoms with Crippen molar-refractivity contribution in [1.29, 1.82) is 0 Å². The van der Waals surface area contributed by atoms with E-state index in [2.05, 4.69) is 20.5 Å². The summed E-state index contributed by atoms with van der Waals surface area (Å²) in [5, 5.41) is 0.745. The van der Waals surface area contributed by atoms with Crippen LogP contribution >= 0.6 is 11.6 Å². The highest BCUT2D eigenvalue weighted by molar-refractivity contribution is 6.30. The molecule has 1 amide bonds. The molecular formula is C18H21ClN4O. The number of carbonyl (C=O) groups excluding carboxylic acids is 1. The van der Waals surface area contributed by atoms with Gasteiger partial charge in [0.05, 0.1) is 0 Å². The maximum atomic E-state index is 12.7. The summed E-state index contributed by atoms with van der Waals surface area (Å²) in [4.78, 5) is 21.5. The number of benzene rings is 1. The molecule has 6 heteroatoms. The molecule has 0 saturated carbocycles. The predicted octanol–water partition coefficient (Wildman–Crippen LogP) is 2.84. The Morgan fingerprint density at radius 3 is 2.67 bits per heavy atom. The fourth-order valence-electron chi connectivity index (χ4n) is 3.52. The number of hydrogen-bond donors (Lipinski definition) is 0. The van der Waals surface area contributed by atoms with Gasteiger partial charge >= 0.3 is 0 Å². The Morgan fingerprint density at radius 2 is 1.92 bits per heavy atom. The fraction of sp³-hybridized carbons (Fsp3) is 0.444. The average molecular weight is 345 g/mol. The zero-order valence-corrected chi connectivity index (χ0v) is 14.4. The van der Waals surface area contributed by atoms with E-state index >= 15 is 0 Å². The first-order valence-corrected chi connectivity index (χ1v) is 8.94. The Hall–Kier alpha value is -2.01. The van der Waals surface area contributed by atoms with Crippen LogP contribution in [0.25, 0.3) is 0 Å². The number of aromatic nitrogens is 2. The second-order valence-corrected chi connectivity index (χ2v) is 6.89. The number of rotatable bonds is 2. The van der Waals surface area contributed by atoms with Crippen molar-refractivity contribution in [3.05, 3.63) is 47.0 Å². The lowest BCUT2D eigenvalue weighted by Crippen LogP contribution is -2.48. The Labute approximate surface area is 146 Å². The number of halogens is 1. The van der Waals surface area contributed by atoms with E-state index in [0.717, 1.165) is 42.6 Å². The predicted molar refractivity (Wildman–Crippen MR) is 94.7 cm³/mol. The normalized spacial score (nSPS) is 17.7. The van der Waals surface area contributed by atoms with Crippen LogP contribution in [0.4, 0.5) is 5.69 Å². The van der Waals surface area contributed by atoms with Crippen molar-refractivity contribution < 1.29 is 4.79 Å². The van der Waals surface area contributed by atoms with Gasteiger partial charge in [-0.25, -0.2) is 4.98 Å². The number of hydrogen-bond acceptors (Lipinski definition) is 3. The molecule has 0 aliphatic carbocycles. The third-order valence-corrected chi connectivity index (χ3v) is 5.10. The number of imidazole rings is 1. The van der Waals surface area contributed by atoms with Crippen LogP contribution < -0.4 is 4.90 Å². The molecule has 24 heavy (non-hydrogen) atoms. The lowest BCUT2D eigenvalue weighted by molar-refractivity contribution is 0.0741. The van der Waals surface area contributed by atoms with Gasteiger partial charge in [0.15, 0.2) is 0 Å². The number of amides is 1. The molecule has 2 aromatic rings. The smallest absolute Gasteiger partial charge is 0.274 e. The molecular weight excluding hydrogens is 324 g/mol. The molecule has 0 radical (unpaired) electrons. The molecule has 1 saturated heterocycles. The molecule has 1 aromatic heterocycles. The summed E-state index contributed by atoms with van der Waals surface area (Å²) in [6, 6.07) is 7.88. The molecule has 126 valence electrons. The van der Waals surface area contributed by atoms with Crippen LogP contribution in [-0.2, 0) is 13.0 Å². The fourth-order valence-corrected chi connectivity index (χ4v) is 3.70. The number of carbonyl (C=O) groups is 1. The third kappa shape index (κ3) is 3.00. The largest absolute Gasteiger partial charge is 0.368 e. The lowest BCUT2D eigenvalue weighted by atomic mass is 10.2. The molecule has 4 rings (SSSR count). The quantitative estimate of drug-likeness (QED) is 0.841. The summed E-state index contributed by atoms with van der Waals surface area (Å²) in [7, 11) is 0. The number of anilines is 1. The van der Waals surface area contributed by atoms with Crippen molar-refractivity contribution in [1.82, 2.24) is 14.5 Å². The van der Waals surface area contributed by atoms with Crippen molar-refractivity contribution in [3.8, 4) is 0 Å². The monoisotopic (exact) mass is 344 g/mol. The van der Waals surface area contributed by atoms with E-state index in [1.54, 1.807) is 0 Å². The topological polar surface area (TPSA) is 41.4 Å². The van der Waals surface area contributed by atoms with E-state index in [4.69, 9.17) is 11.6 Å². The van der Waals surface area contributed by atoms with Crippen molar-refractivity contribution >= 4 is 23.2 Å². The molecule has 0 unspecified atom stereocenters. The Bertz CT molecular complexity index is 726. The van der Waals surface area contributed by atoms with E-state index < -0.39 is 0 Å². The van der Waals surface area contributed by atoms with Gasteiger partial charge in [-0.1, -0.05) is 17.7 Å². The second kappa shape index (κ2) is 6.48. The van der Waals surface area contributed by atoms with E-state index in [0.29, 0.717) is 18.8 Å². The van der Waals surface area contributed by atoms with Gasteiger partial charge in [-0.3, -0.25) is 4.79 Å². The van der Waals surface area contributed by atoms with Crippen LogP contribution in [0.2, 0.25) is 5.02 Å². The summed E-state index contributed by atoms with van der Waals surface area (Å²) >= 11 is 6.07. The maximum absolute atomic E-state index is 12.7. The Morgan fingerprint density at radius 1 is 1.08 bits per heavy atom. The van der Waals surface area contributed by atoms with Gasteiger partial charge in [0.2, 0.25) is 0 Å². The molecule has 2 aliphatic rings. The average Bonchev–Trinajstić information content (AvgIpc) is 3.05. The van der Waals surface area contributed by atoms with Crippen molar-refractivity contribution in [3.63, 3.8) is 0 Å². The molecule has 0 N–H and O–H groups in total. The van der Waals surface area contributed by atoms with Crippen LogP contribution in [0, 0.1) is 0 Å². The highest BCUT2D eigenvalue weighted by Crippen LogP contribution is 2.21. The molecule has 0 atom stereocenters. The van der Waals surface area contributed by atoms with Gasteiger partial charge in [-0.2, -0.15) is 0 Å². The zero-order chi connectivity index (χ0) is 16.5. The highest BCUT2D eigenvalue weighted by Gasteiger charge is 2.25. The Kier molecular flexibility index (Phi) is 4.19. The molecule has 1 aromatic carbocycles. The van der Waals surface area contributed by atoms with E-state index in [1.807, 2.05) is 29.3 Å². The number of fused-ring (bicyclic) bond motifs is 1. The summed E-state index contributed by atoms with van der Waals surface area (Å²) in [6.07, 6.45) is 5.26. The van der Waals surface area contributed by atoms with E-state index in [9.17, 15) is 4.79 Å². The zero-order valence-electron chi connectivity index (χ0n) is 13.6. The van der Waals surface area contributed by atoms with Crippen LogP contribution in [0.5, 0.6) is 0 Å². The third-order valence-electron chi connectivity index (χ3n) is 4.87. The number of nitrogens with zero attached hydrogens (tertiary/aromatic N) is 4. The number of piperazine rings is 1. The minimum absolute atomic E-state index is 0.0580. The van der Waals surface area contributed by atoms with Gasteiger partial charge in [-0.15, -0.1) is 0 Å². The minimum atomic E-state index is 0.0580. The molecule has 3 heterocycles. The molecule has 0 spiro atoms. The van der Waals surface area contributed by atoms with E-state index in [1.165, 1.54) is 12.8 Å². The highest BCUT2D eigenvalue weighted by atomic mass is 35.5. The van der Waals surface area contributed by atoms with Crippen molar-refractivity contribution in [2.24, 2.45) is 0 Å². The first-order valence-electron chi connectivity index (χ1n) is 8.56. The second-order valence-electron chi connectivity index (χ2n) is 6.45. The molecule has 5 nitrogen and oxygen atoms in total. The summed E-state index contributed by atoms with van der Waals surface area (Å²) in [5.41, 5.74) is 1.72. The maximum Gasteiger partial charge on any atom is 0.274 e.